The van der Waals surface area contributed by atoms with Crippen LogP contribution in [0, 0.1) is 15.5 Å². The molecule has 1 aromatic rings. The quantitative estimate of drug-likeness (QED) is 0.493. The number of Topliss-reactive ketones (excluding diaryl/α,β-unsaturated/α-hetero) is 2. The lowest BCUT2D eigenvalue weighted by atomic mass is 9.79. The molecule has 0 heterocycles. The second-order valence-electron chi connectivity index (χ2n) is 5.82. The van der Waals surface area contributed by atoms with Crippen molar-refractivity contribution >= 4 is 28.8 Å². The first-order valence-electron chi connectivity index (χ1n) is 7.44. The van der Waals surface area contributed by atoms with Crippen molar-refractivity contribution in [2.75, 3.05) is 5.32 Å². The van der Waals surface area contributed by atoms with E-state index in [0.29, 0.717) is 19.3 Å². The third-order valence-corrected chi connectivity index (χ3v) is 4.19. The number of non-ortho nitro benzene ring substituents is 1. The van der Waals surface area contributed by atoms with Crippen molar-refractivity contribution in [1.82, 2.24) is 0 Å². The average Bonchev–Trinajstić information content (AvgIpc) is 2.87. The van der Waals surface area contributed by atoms with Gasteiger partial charge in [0.1, 0.15) is 17.0 Å². The standard InChI is InChI=1S/C16H18N2O5/c1-11(19)7-9-16(8-3-6-14(16)20)15(21)17-12-4-2-5-13(10-12)18(22)23/h2,4-5,10H,3,6-9H2,1H3,(H,17,21)/t16-/m1/s1. The van der Waals surface area contributed by atoms with E-state index in [1.165, 1.54) is 31.2 Å². The summed E-state index contributed by atoms with van der Waals surface area (Å²) in [5, 5.41) is 13.4. The van der Waals surface area contributed by atoms with Gasteiger partial charge in [-0.3, -0.25) is 19.7 Å². The van der Waals surface area contributed by atoms with Gasteiger partial charge in [0.2, 0.25) is 5.91 Å². The Morgan fingerprint density at radius 3 is 2.70 bits per heavy atom. The zero-order valence-electron chi connectivity index (χ0n) is 12.8. The number of nitro groups is 1. The number of amides is 1. The molecule has 1 atom stereocenters. The molecule has 1 fully saturated rings. The van der Waals surface area contributed by atoms with Crippen LogP contribution in [0.4, 0.5) is 11.4 Å². The van der Waals surface area contributed by atoms with Gasteiger partial charge in [-0.05, 0) is 32.3 Å². The van der Waals surface area contributed by atoms with Gasteiger partial charge < -0.3 is 10.1 Å². The summed E-state index contributed by atoms with van der Waals surface area (Å²) in [5.74, 6) is -0.726. The van der Waals surface area contributed by atoms with Crippen molar-refractivity contribution in [3.8, 4) is 0 Å². The Morgan fingerprint density at radius 1 is 1.39 bits per heavy atom. The summed E-state index contributed by atoms with van der Waals surface area (Å²) < 4.78 is 0. The van der Waals surface area contributed by atoms with Crippen LogP contribution in [0.25, 0.3) is 0 Å². The van der Waals surface area contributed by atoms with E-state index in [-0.39, 0.29) is 35.8 Å². The fourth-order valence-corrected chi connectivity index (χ4v) is 2.88. The number of benzene rings is 1. The normalized spacial score (nSPS) is 20.3. The molecule has 2 rings (SSSR count). The molecule has 122 valence electrons. The summed E-state index contributed by atoms with van der Waals surface area (Å²) in [7, 11) is 0. The van der Waals surface area contributed by atoms with E-state index in [4.69, 9.17) is 0 Å². The molecule has 23 heavy (non-hydrogen) atoms. The number of rotatable bonds is 6. The molecule has 1 N–H and O–H groups in total. The number of nitrogens with one attached hydrogen (secondary N) is 1. The number of anilines is 1. The molecule has 0 unspecified atom stereocenters. The Bertz CT molecular complexity index is 670. The predicted molar refractivity (Wildman–Crippen MR) is 82.9 cm³/mol. The van der Waals surface area contributed by atoms with Gasteiger partial charge in [0.25, 0.3) is 5.69 Å². The second kappa shape index (κ2) is 6.68. The Balaban J connectivity index is 2.21. The highest BCUT2D eigenvalue weighted by molar-refractivity contribution is 6.12. The van der Waals surface area contributed by atoms with Gasteiger partial charge in [-0.2, -0.15) is 0 Å². The number of carbonyl (C=O) groups is 3. The van der Waals surface area contributed by atoms with Crippen molar-refractivity contribution in [3.63, 3.8) is 0 Å². The second-order valence-corrected chi connectivity index (χ2v) is 5.82. The average molecular weight is 318 g/mol. The van der Waals surface area contributed by atoms with Gasteiger partial charge in [0, 0.05) is 30.7 Å². The fourth-order valence-electron chi connectivity index (χ4n) is 2.88. The topological polar surface area (TPSA) is 106 Å². The maximum Gasteiger partial charge on any atom is 0.271 e. The van der Waals surface area contributed by atoms with Crippen molar-refractivity contribution in [1.29, 1.82) is 0 Å². The van der Waals surface area contributed by atoms with Crippen LogP contribution in [0.2, 0.25) is 0 Å². The summed E-state index contributed by atoms with van der Waals surface area (Å²) in [6, 6.07) is 5.56. The first kappa shape index (κ1) is 16.8. The van der Waals surface area contributed by atoms with E-state index in [1.54, 1.807) is 0 Å². The lowest BCUT2D eigenvalue weighted by Gasteiger charge is -2.25. The maximum atomic E-state index is 12.6. The fraction of sp³-hybridized carbons (Fsp3) is 0.438. The lowest BCUT2D eigenvalue weighted by molar-refractivity contribution is -0.384. The molecule has 0 aliphatic heterocycles. The first-order chi connectivity index (χ1) is 10.8. The Kier molecular flexibility index (Phi) is 4.88. The number of ketones is 2. The molecule has 0 aromatic heterocycles. The molecule has 0 bridgehead atoms. The number of carbonyl (C=O) groups excluding carboxylic acids is 3. The number of nitrogens with zero attached hydrogens (tertiary/aromatic N) is 1. The van der Waals surface area contributed by atoms with Crippen LogP contribution in [0.1, 0.15) is 39.0 Å². The van der Waals surface area contributed by atoms with Crippen LogP contribution in [0.3, 0.4) is 0 Å². The monoisotopic (exact) mass is 318 g/mol. The lowest BCUT2D eigenvalue weighted by Crippen LogP contribution is -2.40. The molecule has 7 nitrogen and oxygen atoms in total. The minimum Gasteiger partial charge on any atom is -0.325 e. The number of nitro benzene ring substituents is 1. The predicted octanol–water partition coefficient (Wildman–Crippen LogP) is 2.64. The summed E-state index contributed by atoms with van der Waals surface area (Å²) in [6.45, 7) is 1.42. The minimum atomic E-state index is -1.20. The smallest absolute Gasteiger partial charge is 0.271 e. The molecule has 0 saturated heterocycles. The van der Waals surface area contributed by atoms with E-state index in [0.717, 1.165) is 0 Å². The molecule has 1 aliphatic rings. The van der Waals surface area contributed by atoms with Crippen molar-refractivity contribution < 1.29 is 19.3 Å². The van der Waals surface area contributed by atoms with E-state index < -0.39 is 16.2 Å². The zero-order valence-corrected chi connectivity index (χ0v) is 12.8. The van der Waals surface area contributed by atoms with Gasteiger partial charge in [0.05, 0.1) is 4.92 Å². The van der Waals surface area contributed by atoms with Crippen LogP contribution >= 0.6 is 0 Å². The van der Waals surface area contributed by atoms with Crippen LogP contribution in [-0.4, -0.2) is 22.4 Å². The van der Waals surface area contributed by atoms with Gasteiger partial charge in [-0.25, -0.2) is 0 Å². The van der Waals surface area contributed by atoms with E-state index >= 15 is 0 Å². The highest BCUT2D eigenvalue weighted by Gasteiger charge is 2.48. The van der Waals surface area contributed by atoms with Gasteiger partial charge >= 0.3 is 0 Å². The van der Waals surface area contributed by atoms with Crippen LogP contribution < -0.4 is 5.32 Å². The van der Waals surface area contributed by atoms with Crippen molar-refractivity contribution in [2.45, 2.75) is 39.0 Å². The Labute approximate surface area is 133 Å². The summed E-state index contributed by atoms with van der Waals surface area (Å²) in [4.78, 5) is 46.3. The maximum absolute atomic E-state index is 12.6. The van der Waals surface area contributed by atoms with E-state index in [2.05, 4.69) is 5.32 Å². The van der Waals surface area contributed by atoms with Gasteiger partial charge in [0.15, 0.2) is 0 Å². The molecule has 0 spiro atoms. The molecule has 7 heteroatoms. The van der Waals surface area contributed by atoms with Crippen molar-refractivity contribution in [3.05, 3.63) is 34.4 Å². The Morgan fingerprint density at radius 2 is 2.13 bits per heavy atom. The van der Waals surface area contributed by atoms with Crippen molar-refractivity contribution in [2.24, 2.45) is 5.41 Å². The SMILES string of the molecule is CC(=O)CC[C@]1(C(=O)Nc2cccc([N+](=O)[O-])c2)CCCC1=O. The van der Waals surface area contributed by atoms with Gasteiger partial charge in [-0.15, -0.1) is 0 Å². The number of hydrogen-bond donors (Lipinski definition) is 1. The van der Waals surface area contributed by atoms with Crippen LogP contribution in [0.15, 0.2) is 24.3 Å². The largest absolute Gasteiger partial charge is 0.325 e. The molecule has 0 radical (unpaired) electrons. The Hall–Kier alpha value is -2.57. The van der Waals surface area contributed by atoms with Gasteiger partial charge in [-0.1, -0.05) is 6.07 Å². The molecule has 1 aliphatic carbocycles. The molecular formula is C16H18N2O5. The number of hydrogen-bond acceptors (Lipinski definition) is 5. The molecule has 1 amide bonds. The summed E-state index contributed by atoms with van der Waals surface area (Å²) in [6.07, 6.45) is 1.68. The molecular weight excluding hydrogens is 300 g/mol. The molecule has 1 aromatic carbocycles. The minimum absolute atomic E-state index is 0.0766. The van der Waals surface area contributed by atoms with Crippen LogP contribution in [-0.2, 0) is 14.4 Å². The zero-order chi connectivity index (χ0) is 17.0. The third kappa shape index (κ3) is 3.61. The highest BCUT2D eigenvalue weighted by atomic mass is 16.6. The van der Waals surface area contributed by atoms with E-state index in [9.17, 15) is 24.5 Å². The highest BCUT2D eigenvalue weighted by Crippen LogP contribution is 2.40. The summed E-state index contributed by atoms with van der Waals surface area (Å²) in [5.41, 5.74) is -1.07. The van der Waals surface area contributed by atoms with Crippen LogP contribution in [0.5, 0.6) is 0 Å². The van der Waals surface area contributed by atoms with E-state index in [1.807, 2.05) is 0 Å². The molecule has 1 saturated carbocycles. The first-order valence-corrected chi connectivity index (χ1v) is 7.44. The third-order valence-electron chi connectivity index (χ3n) is 4.19. The summed E-state index contributed by atoms with van der Waals surface area (Å²) >= 11 is 0.